The number of carbonyl (C=O) groups excluding carboxylic acids is 1. The van der Waals surface area contributed by atoms with Crippen LogP contribution in [0, 0.1) is 6.92 Å². The van der Waals surface area contributed by atoms with E-state index in [1.165, 1.54) is 18.2 Å². The van der Waals surface area contributed by atoms with E-state index >= 15 is 0 Å². The lowest BCUT2D eigenvalue weighted by molar-refractivity contribution is -0.124. The first-order valence-electron chi connectivity index (χ1n) is 5.98. The molecule has 0 radical (unpaired) electrons. The average Bonchev–Trinajstić information content (AvgIpc) is 2.23. The van der Waals surface area contributed by atoms with Gasteiger partial charge in [-0.15, -0.1) is 0 Å². The standard InChI is InChI=1S/C13H18ClNO4S/c1-9-7-10(20(14,17)18)5-6-11(9)19-8-12(16)15-13(2,3)4/h5-7H,8H2,1-4H3,(H,15,16). The second-order valence-electron chi connectivity index (χ2n) is 5.45. The summed E-state index contributed by atoms with van der Waals surface area (Å²) >= 11 is 0. The molecule has 0 atom stereocenters. The Balaban J connectivity index is 2.73. The Kier molecular flexibility index (Phi) is 5.05. The largest absolute Gasteiger partial charge is 0.484 e. The van der Waals surface area contributed by atoms with E-state index in [0.29, 0.717) is 11.3 Å². The zero-order valence-electron chi connectivity index (χ0n) is 11.9. The molecule has 1 rings (SSSR count). The third kappa shape index (κ3) is 5.38. The second-order valence-corrected chi connectivity index (χ2v) is 8.02. The van der Waals surface area contributed by atoms with Crippen LogP contribution in [0.25, 0.3) is 0 Å². The van der Waals surface area contributed by atoms with Gasteiger partial charge in [0.1, 0.15) is 5.75 Å². The minimum absolute atomic E-state index is 0.00293. The normalized spacial score (nSPS) is 12.1. The van der Waals surface area contributed by atoms with Crippen molar-refractivity contribution >= 4 is 25.6 Å². The Hall–Kier alpha value is -1.27. The van der Waals surface area contributed by atoms with Gasteiger partial charge in [-0.1, -0.05) is 0 Å². The van der Waals surface area contributed by atoms with E-state index in [-0.39, 0.29) is 22.9 Å². The summed E-state index contributed by atoms with van der Waals surface area (Å²) in [4.78, 5) is 11.6. The fourth-order valence-electron chi connectivity index (χ4n) is 1.53. The third-order valence-corrected chi connectivity index (χ3v) is 3.65. The lowest BCUT2D eigenvalue weighted by Gasteiger charge is -2.20. The van der Waals surface area contributed by atoms with Crippen LogP contribution in [0.1, 0.15) is 26.3 Å². The van der Waals surface area contributed by atoms with Crippen molar-refractivity contribution in [3.63, 3.8) is 0 Å². The van der Waals surface area contributed by atoms with Gasteiger partial charge in [-0.2, -0.15) is 0 Å². The van der Waals surface area contributed by atoms with Crippen LogP contribution < -0.4 is 10.1 Å². The summed E-state index contributed by atoms with van der Waals surface area (Å²) in [7, 11) is 1.49. The first-order valence-corrected chi connectivity index (χ1v) is 8.29. The van der Waals surface area contributed by atoms with Crippen LogP contribution in [0.2, 0.25) is 0 Å². The fourth-order valence-corrected chi connectivity index (χ4v) is 2.37. The molecule has 112 valence electrons. The Labute approximate surface area is 123 Å². The third-order valence-electron chi connectivity index (χ3n) is 2.30. The van der Waals surface area contributed by atoms with Crippen molar-refractivity contribution in [2.24, 2.45) is 0 Å². The van der Waals surface area contributed by atoms with Crippen molar-refractivity contribution < 1.29 is 17.9 Å². The lowest BCUT2D eigenvalue weighted by Crippen LogP contribution is -2.43. The van der Waals surface area contributed by atoms with Gasteiger partial charge in [-0.25, -0.2) is 8.42 Å². The Morgan fingerprint density at radius 2 is 1.95 bits per heavy atom. The van der Waals surface area contributed by atoms with Gasteiger partial charge < -0.3 is 10.1 Å². The molecule has 1 amide bonds. The van der Waals surface area contributed by atoms with Gasteiger partial charge in [0.05, 0.1) is 4.90 Å². The molecule has 7 heteroatoms. The van der Waals surface area contributed by atoms with Gasteiger partial charge >= 0.3 is 0 Å². The number of halogens is 1. The van der Waals surface area contributed by atoms with E-state index in [1.54, 1.807) is 6.92 Å². The molecular formula is C13H18ClNO4S. The SMILES string of the molecule is Cc1cc(S(=O)(=O)Cl)ccc1OCC(=O)NC(C)(C)C. The van der Waals surface area contributed by atoms with Gasteiger partial charge in [0, 0.05) is 16.2 Å². The molecule has 20 heavy (non-hydrogen) atoms. The number of ether oxygens (including phenoxy) is 1. The molecule has 0 fully saturated rings. The second kappa shape index (κ2) is 6.01. The van der Waals surface area contributed by atoms with Gasteiger partial charge in [-0.3, -0.25) is 4.79 Å². The first kappa shape index (κ1) is 16.8. The van der Waals surface area contributed by atoms with Crippen LogP contribution in [0.5, 0.6) is 5.75 Å². The van der Waals surface area contributed by atoms with E-state index in [4.69, 9.17) is 15.4 Å². The van der Waals surface area contributed by atoms with E-state index < -0.39 is 9.05 Å². The molecule has 0 aromatic heterocycles. The van der Waals surface area contributed by atoms with Crippen LogP contribution in [0.3, 0.4) is 0 Å². The molecule has 0 unspecified atom stereocenters. The average molecular weight is 320 g/mol. The summed E-state index contributed by atoms with van der Waals surface area (Å²) in [5.74, 6) is 0.198. The zero-order chi connectivity index (χ0) is 15.6. The molecule has 0 heterocycles. The highest BCUT2D eigenvalue weighted by Crippen LogP contribution is 2.23. The Morgan fingerprint density at radius 3 is 2.40 bits per heavy atom. The Morgan fingerprint density at radius 1 is 1.35 bits per heavy atom. The van der Waals surface area contributed by atoms with Crippen LogP contribution in [-0.4, -0.2) is 26.5 Å². The Bertz CT molecular complexity index is 605. The number of benzene rings is 1. The quantitative estimate of drug-likeness (QED) is 0.864. The topological polar surface area (TPSA) is 72.5 Å². The van der Waals surface area contributed by atoms with Gasteiger partial charge in [0.15, 0.2) is 6.61 Å². The predicted octanol–water partition coefficient (Wildman–Crippen LogP) is 2.22. The van der Waals surface area contributed by atoms with Crippen molar-refractivity contribution in [2.75, 3.05) is 6.61 Å². The maximum Gasteiger partial charge on any atom is 0.261 e. The highest BCUT2D eigenvalue weighted by Gasteiger charge is 2.15. The highest BCUT2D eigenvalue weighted by atomic mass is 35.7. The molecule has 0 aliphatic heterocycles. The van der Waals surface area contributed by atoms with Crippen molar-refractivity contribution in [1.82, 2.24) is 5.32 Å². The maximum atomic E-state index is 11.6. The minimum Gasteiger partial charge on any atom is -0.484 e. The summed E-state index contributed by atoms with van der Waals surface area (Å²) in [6.07, 6.45) is 0. The summed E-state index contributed by atoms with van der Waals surface area (Å²) in [5.41, 5.74) is 0.266. The minimum atomic E-state index is -3.76. The van der Waals surface area contributed by atoms with Crippen molar-refractivity contribution in [3.8, 4) is 5.75 Å². The molecule has 1 aromatic carbocycles. The van der Waals surface area contributed by atoms with Crippen LogP contribution in [-0.2, 0) is 13.8 Å². The van der Waals surface area contributed by atoms with E-state index in [9.17, 15) is 13.2 Å². The summed E-state index contributed by atoms with van der Waals surface area (Å²) < 4.78 is 27.7. The van der Waals surface area contributed by atoms with E-state index in [0.717, 1.165) is 0 Å². The number of nitrogens with one attached hydrogen (secondary N) is 1. The van der Waals surface area contributed by atoms with Crippen molar-refractivity contribution in [3.05, 3.63) is 23.8 Å². The smallest absolute Gasteiger partial charge is 0.261 e. The summed E-state index contributed by atoms with van der Waals surface area (Å²) in [6.45, 7) is 7.16. The molecule has 0 saturated carbocycles. The molecule has 0 bridgehead atoms. The number of aryl methyl sites for hydroxylation is 1. The van der Waals surface area contributed by atoms with Gasteiger partial charge in [0.25, 0.3) is 15.0 Å². The van der Waals surface area contributed by atoms with Crippen molar-refractivity contribution in [2.45, 2.75) is 38.1 Å². The van der Waals surface area contributed by atoms with E-state index in [1.807, 2.05) is 20.8 Å². The number of amides is 1. The zero-order valence-corrected chi connectivity index (χ0v) is 13.4. The lowest BCUT2D eigenvalue weighted by atomic mass is 10.1. The summed E-state index contributed by atoms with van der Waals surface area (Å²) in [6, 6.07) is 4.22. The maximum absolute atomic E-state index is 11.6. The molecule has 5 nitrogen and oxygen atoms in total. The van der Waals surface area contributed by atoms with E-state index in [2.05, 4.69) is 5.32 Å². The summed E-state index contributed by atoms with van der Waals surface area (Å²) in [5, 5.41) is 2.76. The molecule has 0 spiro atoms. The fraction of sp³-hybridized carbons (Fsp3) is 0.462. The van der Waals surface area contributed by atoms with Crippen molar-refractivity contribution in [1.29, 1.82) is 0 Å². The molecule has 1 N–H and O–H groups in total. The molecule has 0 saturated heterocycles. The number of rotatable bonds is 4. The molecule has 1 aromatic rings. The molecule has 0 aliphatic carbocycles. The highest BCUT2D eigenvalue weighted by molar-refractivity contribution is 8.13. The van der Waals surface area contributed by atoms with Crippen LogP contribution in [0.15, 0.2) is 23.1 Å². The number of carbonyl (C=O) groups is 1. The number of hydrogen-bond acceptors (Lipinski definition) is 4. The molecule has 0 aliphatic rings. The van der Waals surface area contributed by atoms with Gasteiger partial charge in [0.2, 0.25) is 0 Å². The van der Waals surface area contributed by atoms with Gasteiger partial charge in [-0.05, 0) is 51.5 Å². The first-order chi connectivity index (χ1) is 8.99. The van der Waals surface area contributed by atoms with Crippen LogP contribution in [0.4, 0.5) is 0 Å². The van der Waals surface area contributed by atoms with Crippen LogP contribution >= 0.6 is 10.7 Å². The predicted molar refractivity (Wildman–Crippen MR) is 77.6 cm³/mol. The monoisotopic (exact) mass is 319 g/mol. The molecular weight excluding hydrogens is 302 g/mol. The number of hydrogen-bond donors (Lipinski definition) is 1.